The molecule has 108 valence electrons. The summed E-state index contributed by atoms with van der Waals surface area (Å²) in [5.41, 5.74) is -0.451. The van der Waals surface area contributed by atoms with Gasteiger partial charge in [0.1, 0.15) is 5.82 Å². The standard InChI is InChI=1S/C13H12F3NO3/c14-8-4-10(16)11(5-9(8)15)17-12(18)6-1-2-7(3-6)13(19)20/h4-7H,1-3H2,(H,17,18)(H,19,20)/t6-,7+/m0/s1. The van der Waals surface area contributed by atoms with Crippen molar-refractivity contribution in [3.05, 3.63) is 29.6 Å². The van der Waals surface area contributed by atoms with E-state index in [4.69, 9.17) is 5.11 Å². The predicted molar refractivity (Wildman–Crippen MR) is 63.4 cm³/mol. The first kappa shape index (κ1) is 14.4. The van der Waals surface area contributed by atoms with Crippen LogP contribution in [-0.4, -0.2) is 17.0 Å². The molecule has 7 heteroatoms. The number of benzene rings is 1. The number of nitrogens with one attached hydrogen (secondary N) is 1. The first-order chi connectivity index (χ1) is 9.38. The minimum Gasteiger partial charge on any atom is -0.481 e. The molecule has 0 unspecified atom stereocenters. The molecule has 1 aliphatic rings. The van der Waals surface area contributed by atoms with Crippen molar-refractivity contribution in [1.82, 2.24) is 0 Å². The third-order valence-corrected chi connectivity index (χ3v) is 3.42. The van der Waals surface area contributed by atoms with E-state index in [1.54, 1.807) is 0 Å². The van der Waals surface area contributed by atoms with Crippen LogP contribution in [0, 0.1) is 29.3 Å². The van der Waals surface area contributed by atoms with E-state index in [9.17, 15) is 22.8 Å². The average Bonchev–Trinajstić information content (AvgIpc) is 2.85. The third-order valence-electron chi connectivity index (χ3n) is 3.42. The normalized spacial score (nSPS) is 21.8. The molecule has 1 amide bonds. The molecule has 2 atom stereocenters. The Labute approximate surface area is 112 Å². The number of hydrogen-bond acceptors (Lipinski definition) is 2. The van der Waals surface area contributed by atoms with Crippen molar-refractivity contribution in [1.29, 1.82) is 0 Å². The van der Waals surface area contributed by atoms with E-state index >= 15 is 0 Å². The zero-order valence-corrected chi connectivity index (χ0v) is 10.3. The number of carbonyl (C=O) groups excluding carboxylic acids is 1. The highest BCUT2D eigenvalue weighted by atomic mass is 19.2. The van der Waals surface area contributed by atoms with E-state index in [-0.39, 0.29) is 6.42 Å². The van der Waals surface area contributed by atoms with Crippen LogP contribution in [0.15, 0.2) is 12.1 Å². The van der Waals surface area contributed by atoms with E-state index < -0.39 is 46.9 Å². The highest BCUT2D eigenvalue weighted by molar-refractivity contribution is 5.93. The summed E-state index contributed by atoms with van der Waals surface area (Å²) < 4.78 is 39.1. The molecule has 1 aliphatic carbocycles. The van der Waals surface area contributed by atoms with E-state index in [1.165, 1.54) is 0 Å². The van der Waals surface area contributed by atoms with Gasteiger partial charge < -0.3 is 10.4 Å². The lowest BCUT2D eigenvalue weighted by molar-refractivity contribution is -0.141. The molecule has 1 fully saturated rings. The average molecular weight is 287 g/mol. The van der Waals surface area contributed by atoms with Crippen molar-refractivity contribution in [2.75, 3.05) is 5.32 Å². The molecule has 2 N–H and O–H groups in total. The fourth-order valence-corrected chi connectivity index (χ4v) is 2.30. The molecule has 0 saturated heterocycles. The predicted octanol–water partition coefficient (Wildman–Crippen LogP) is 2.54. The quantitative estimate of drug-likeness (QED) is 0.840. The molecule has 0 aliphatic heterocycles. The fraction of sp³-hybridized carbons (Fsp3) is 0.385. The number of anilines is 1. The minimum atomic E-state index is -1.34. The third kappa shape index (κ3) is 2.92. The molecule has 1 aromatic rings. The number of amides is 1. The van der Waals surface area contributed by atoms with Crippen molar-refractivity contribution in [2.24, 2.45) is 11.8 Å². The number of rotatable bonds is 3. The largest absolute Gasteiger partial charge is 0.481 e. The maximum atomic E-state index is 13.4. The van der Waals surface area contributed by atoms with Gasteiger partial charge in [0, 0.05) is 18.1 Å². The lowest BCUT2D eigenvalue weighted by atomic mass is 10.0. The zero-order valence-electron chi connectivity index (χ0n) is 10.3. The van der Waals surface area contributed by atoms with Crippen molar-refractivity contribution in [3.63, 3.8) is 0 Å². The summed E-state index contributed by atoms with van der Waals surface area (Å²) in [7, 11) is 0. The molecule has 0 radical (unpaired) electrons. The van der Waals surface area contributed by atoms with Crippen LogP contribution in [0.4, 0.5) is 18.9 Å². The molecule has 0 bridgehead atoms. The molecule has 0 spiro atoms. The Morgan fingerprint density at radius 1 is 1.05 bits per heavy atom. The lowest BCUT2D eigenvalue weighted by Gasteiger charge is -2.11. The van der Waals surface area contributed by atoms with Crippen LogP contribution in [0.25, 0.3) is 0 Å². The molecular formula is C13H12F3NO3. The van der Waals surface area contributed by atoms with Gasteiger partial charge in [0.15, 0.2) is 11.6 Å². The monoisotopic (exact) mass is 287 g/mol. The summed E-state index contributed by atoms with van der Waals surface area (Å²) in [6, 6.07) is 0.909. The molecule has 0 aromatic heterocycles. The van der Waals surface area contributed by atoms with Crippen LogP contribution in [-0.2, 0) is 9.59 Å². The molecular weight excluding hydrogens is 275 g/mol. The van der Waals surface area contributed by atoms with E-state index in [1.807, 2.05) is 0 Å². The summed E-state index contributed by atoms with van der Waals surface area (Å²) in [6.45, 7) is 0. The van der Waals surface area contributed by atoms with Crippen LogP contribution < -0.4 is 5.32 Å². The summed E-state index contributed by atoms with van der Waals surface area (Å²) >= 11 is 0. The van der Waals surface area contributed by atoms with Gasteiger partial charge in [-0.1, -0.05) is 0 Å². The first-order valence-electron chi connectivity index (χ1n) is 6.06. The van der Waals surface area contributed by atoms with E-state index in [0.717, 1.165) is 0 Å². The second kappa shape index (κ2) is 5.52. The lowest BCUT2D eigenvalue weighted by Crippen LogP contribution is -2.22. The van der Waals surface area contributed by atoms with Gasteiger partial charge in [-0.3, -0.25) is 9.59 Å². The van der Waals surface area contributed by atoms with Crippen LogP contribution in [0.2, 0.25) is 0 Å². The van der Waals surface area contributed by atoms with Gasteiger partial charge >= 0.3 is 5.97 Å². The van der Waals surface area contributed by atoms with E-state index in [0.29, 0.717) is 25.0 Å². The van der Waals surface area contributed by atoms with Gasteiger partial charge in [-0.2, -0.15) is 0 Å². The second-order valence-corrected chi connectivity index (χ2v) is 4.78. The van der Waals surface area contributed by atoms with Gasteiger partial charge in [0.05, 0.1) is 11.6 Å². The van der Waals surface area contributed by atoms with Crippen molar-refractivity contribution < 1.29 is 27.9 Å². The van der Waals surface area contributed by atoms with Crippen LogP contribution in [0.3, 0.4) is 0 Å². The maximum absolute atomic E-state index is 13.4. The number of aliphatic carboxylic acids is 1. The molecule has 0 heterocycles. The second-order valence-electron chi connectivity index (χ2n) is 4.78. The highest BCUT2D eigenvalue weighted by Crippen LogP contribution is 2.32. The Bertz CT molecular complexity index is 562. The number of carboxylic acids is 1. The molecule has 1 aromatic carbocycles. The number of hydrogen-bond donors (Lipinski definition) is 2. The number of carbonyl (C=O) groups is 2. The van der Waals surface area contributed by atoms with Gasteiger partial charge in [-0.05, 0) is 19.3 Å². The Balaban J connectivity index is 2.06. The van der Waals surface area contributed by atoms with Crippen molar-refractivity contribution >= 4 is 17.6 Å². The molecule has 4 nitrogen and oxygen atoms in total. The van der Waals surface area contributed by atoms with Gasteiger partial charge in [0.2, 0.25) is 5.91 Å². The minimum absolute atomic E-state index is 0.159. The summed E-state index contributed by atoms with van der Waals surface area (Å²) in [5, 5.41) is 11.0. The Morgan fingerprint density at radius 2 is 1.65 bits per heavy atom. The topological polar surface area (TPSA) is 66.4 Å². The zero-order chi connectivity index (χ0) is 14.9. The molecule has 20 heavy (non-hydrogen) atoms. The van der Waals surface area contributed by atoms with Gasteiger partial charge in [-0.15, -0.1) is 0 Å². The van der Waals surface area contributed by atoms with E-state index in [2.05, 4.69) is 5.32 Å². The maximum Gasteiger partial charge on any atom is 0.306 e. The Hall–Kier alpha value is -2.05. The van der Waals surface area contributed by atoms with Crippen LogP contribution in [0.5, 0.6) is 0 Å². The highest BCUT2D eigenvalue weighted by Gasteiger charge is 2.34. The van der Waals surface area contributed by atoms with Crippen molar-refractivity contribution in [3.8, 4) is 0 Å². The molecule has 1 saturated carbocycles. The van der Waals surface area contributed by atoms with Gasteiger partial charge in [-0.25, -0.2) is 13.2 Å². The van der Waals surface area contributed by atoms with Gasteiger partial charge in [0.25, 0.3) is 0 Å². The Morgan fingerprint density at radius 3 is 2.25 bits per heavy atom. The number of carboxylic acid groups (broad SMARTS) is 1. The number of halogens is 3. The summed E-state index contributed by atoms with van der Waals surface area (Å²) in [6.07, 6.45) is 0.897. The smallest absolute Gasteiger partial charge is 0.306 e. The fourth-order valence-electron chi connectivity index (χ4n) is 2.30. The van der Waals surface area contributed by atoms with Crippen LogP contribution >= 0.6 is 0 Å². The Kier molecular flexibility index (Phi) is 3.96. The first-order valence-corrected chi connectivity index (χ1v) is 6.06. The molecule has 2 rings (SSSR count). The van der Waals surface area contributed by atoms with Crippen LogP contribution in [0.1, 0.15) is 19.3 Å². The van der Waals surface area contributed by atoms with Crippen molar-refractivity contribution in [2.45, 2.75) is 19.3 Å². The SMILES string of the molecule is O=C(O)[C@@H]1CC[C@H](C(=O)Nc2cc(F)c(F)cc2F)C1. The summed E-state index contributed by atoms with van der Waals surface area (Å²) in [5.74, 6) is -6.41. The summed E-state index contributed by atoms with van der Waals surface area (Å²) in [4.78, 5) is 22.6.